The Morgan fingerprint density at radius 3 is 2.81 bits per heavy atom. The smallest absolute Gasteiger partial charge is 0.334 e. The number of morpholine rings is 1. The number of ether oxygens (including phenoxy) is 2. The number of fused-ring (bicyclic) bond motifs is 1. The van der Waals surface area contributed by atoms with Gasteiger partial charge in [0.25, 0.3) is 0 Å². The topological polar surface area (TPSA) is 38.8 Å². The van der Waals surface area contributed by atoms with E-state index in [-0.39, 0.29) is 5.97 Å². The molecule has 0 N–H and O–H groups in total. The Bertz CT molecular complexity index is 586. The van der Waals surface area contributed by atoms with Gasteiger partial charge in [-0.3, -0.25) is 0 Å². The van der Waals surface area contributed by atoms with Crippen LogP contribution in [-0.2, 0) is 20.7 Å². The molecule has 1 heterocycles. The minimum Gasteiger partial charge on any atom is -0.463 e. The summed E-state index contributed by atoms with van der Waals surface area (Å²) in [5.41, 5.74) is 5.62. The van der Waals surface area contributed by atoms with Gasteiger partial charge in [0.05, 0.1) is 19.8 Å². The zero-order chi connectivity index (χ0) is 14.8. The lowest BCUT2D eigenvalue weighted by molar-refractivity contribution is -0.138. The normalized spacial score (nSPS) is 17.4. The maximum absolute atomic E-state index is 11.9. The fourth-order valence-electron chi connectivity index (χ4n) is 2.99. The number of esters is 1. The summed E-state index contributed by atoms with van der Waals surface area (Å²) >= 11 is 0. The molecule has 0 atom stereocenters. The predicted octanol–water partition coefficient (Wildman–Crippen LogP) is 2.33. The van der Waals surface area contributed by atoms with Crippen LogP contribution in [0.15, 0.2) is 17.7 Å². The van der Waals surface area contributed by atoms with Gasteiger partial charge in [-0.05, 0) is 48.7 Å². The maximum Gasteiger partial charge on any atom is 0.334 e. The van der Waals surface area contributed by atoms with Crippen molar-refractivity contribution >= 4 is 17.7 Å². The van der Waals surface area contributed by atoms with Crippen LogP contribution in [-0.4, -0.2) is 38.9 Å². The molecular weight excluding hydrogens is 266 g/mol. The van der Waals surface area contributed by atoms with Crippen LogP contribution in [0.1, 0.15) is 23.6 Å². The fraction of sp³-hybridized carbons (Fsp3) is 0.471. The first kappa shape index (κ1) is 14.1. The molecule has 0 amide bonds. The average molecular weight is 287 g/mol. The zero-order valence-corrected chi connectivity index (χ0v) is 12.6. The van der Waals surface area contributed by atoms with Crippen molar-refractivity contribution in [2.75, 3.05) is 37.8 Å². The highest BCUT2D eigenvalue weighted by Gasteiger charge is 2.22. The summed E-state index contributed by atoms with van der Waals surface area (Å²) in [6.07, 6.45) is 2.63. The van der Waals surface area contributed by atoms with Crippen LogP contribution in [0.4, 0.5) is 5.69 Å². The van der Waals surface area contributed by atoms with Crippen LogP contribution in [0.2, 0.25) is 0 Å². The van der Waals surface area contributed by atoms with Crippen LogP contribution < -0.4 is 4.90 Å². The summed E-state index contributed by atoms with van der Waals surface area (Å²) < 4.78 is 10.5. The number of rotatable bonds is 3. The molecule has 1 aliphatic heterocycles. The van der Waals surface area contributed by atoms with Crippen LogP contribution in [0.25, 0.3) is 6.08 Å². The van der Waals surface area contributed by atoms with E-state index in [1.807, 2.05) is 13.0 Å². The first-order chi connectivity index (χ1) is 10.2. The molecule has 1 aromatic rings. The first-order valence-electron chi connectivity index (χ1n) is 7.53. The second-order valence-electron chi connectivity index (χ2n) is 5.50. The Balaban J connectivity index is 1.83. The summed E-state index contributed by atoms with van der Waals surface area (Å²) in [7, 11) is 0. The Morgan fingerprint density at radius 1 is 1.33 bits per heavy atom. The number of hydrogen-bond donors (Lipinski definition) is 0. The molecule has 1 saturated heterocycles. The van der Waals surface area contributed by atoms with Crippen molar-refractivity contribution in [3.05, 3.63) is 34.4 Å². The third-order valence-electron chi connectivity index (χ3n) is 4.06. The molecule has 2 aliphatic rings. The molecule has 0 bridgehead atoms. The Labute approximate surface area is 125 Å². The molecular formula is C17H21NO3. The molecule has 1 aromatic carbocycles. The number of nitrogens with zero attached hydrogens (tertiary/aromatic N) is 1. The quantitative estimate of drug-likeness (QED) is 0.800. The van der Waals surface area contributed by atoms with E-state index in [9.17, 15) is 4.79 Å². The van der Waals surface area contributed by atoms with Gasteiger partial charge in [0.15, 0.2) is 0 Å². The fourth-order valence-corrected chi connectivity index (χ4v) is 2.99. The van der Waals surface area contributed by atoms with Gasteiger partial charge in [0.2, 0.25) is 0 Å². The first-order valence-corrected chi connectivity index (χ1v) is 7.53. The number of hydrogen-bond acceptors (Lipinski definition) is 4. The van der Waals surface area contributed by atoms with Gasteiger partial charge in [-0.1, -0.05) is 0 Å². The summed E-state index contributed by atoms with van der Waals surface area (Å²) in [6, 6.07) is 4.39. The SMILES string of the molecule is CCOC(=O)C1=Cc2cc(C)c(N3CCOCC3)cc2C1. The lowest BCUT2D eigenvalue weighted by Crippen LogP contribution is -2.36. The molecule has 21 heavy (non-hydrogen) atoms. The van der Waals surface area contributed by atoms with Crippen molar-refractivity contribution < 1.29 is 14.3 Å². The van der Waals surface area contributed by atoms with Gasteiger partial charge in [0, 0.05) is 30.8 Å². The molecule has 1 fully saturated rings. The molecule has 0 unspecified atom stereocenters. The Morgan fingerprint density at radius 2 is 2.10 bits per heavy atom. The third kappa shape index (κ3) is 2.81. The number of benzene rings is 1. The van der Waals surface area contributed by atoms with Crippen molar-refractivity contribution in [2.45, 2.75) is 20.3 Å². The van der Waals surface area contributed by atoms with Gasteiger partial charge in [-0.15, -0.1) is 0 Å². The maximum atomic E-state index is 11.9. The second kappa shape index (κ2) is 5.90. The molecule has 0 radical (unpaired) electrons. The molecule has 4 heteroatoms. The van der Waals surface area contributed by atoms with Gasteiger partial charge >= 0.3 is 5.97 Å². The summed E-state index contributed by atoms with van der Waals surface area (Å²) in [6.45, 7) is 7.80. The van der Waals surface area contributed by atoms with Crippen molar-refractivity contribution in [1.82, 2.24) is 0 Å². The lowest BCUT2D eigenvalue weighted by Gasteiger charge is -2.30. The van der Waals surface area contributed by atoms with Crippen LogP contribution in [0, 0.1) is 6.92 Å². The van der Waals surface area contributed by atoms with E-state index in [2.05, 4.69) is 24.0 Å². The monoisotopic (exact) mass is 287 g/mol. The highest BCUT2D eigenvalue weighted by atomic mass is 16.5. The summed E-state index contributed by atoms with van der Waals surface area (Å²) in [4.78, 5) is 14.2. The zero-order valence-electron chi connectivity index (χ0n) is 12.6. The molecule has 3 rings (SSSR count). The van der Waals surface area contributed by atoms with Gasteiger partial charge in [-0.25, -0.2) is 4.79 Å². The average Bonchev–Trinajstić information content (AvgIpc) is 2.90. The molecule has 0 spiro atoms. The van der Waals surface area contributed by atoms with Gasteiger partial charge < -0.3 is 14.4 Å². The van der Waals surface area contributed by atoms with Crippen LogP contribution in [0.3, 0.4) is 0 Å². The minimum absolute atomic E-state index is 0.195. The molecule has 0 aromatic heterocycles. The van der Waals surface area contributed by atoms with Gasteiger partial charge in [-0.2, -0.15) is 0 Å². The Kier molecular flexibility index (Phi) is 3.97. The predicted molar refractivity (Wildman–Crippen MR) is 82.5 cm³/mol. The number of aryl methyl sites for hydroxylation is 1. The molecule has 4 nitrogen and oxygen atoms in total. The van der Waals surface area contributed by atoms with E-state index in [1.54, 1.807) is 0 Å². The lowest BCUT2D eigenvalue weighted by atomic mass is 10.0. The van der Waals surface area contributed by atoms with E-state index < -0.39 is 0 Å². The molecule has 112 valence electrons. The highest BCUT2D eigenvalue weighted by molar-refractivity contribution is 5.97. The highest BCUT2D eigenvalue weighted by Crippen LogP contribution is 2.32. The van der Waals surface area contributed by atoms with Crippen LogP contribution >= 0.6 is 0 Å². The van der Waals surface area contributed by atoms with E-state index in [0.29, 0.717) is 13.0 Å². The standard InChI is InChI=1S/C17H21NO3/c1-3-21-17(19)15-9-13-8-12(2)16(11-14(13)10-15)18-4-6-20-7-5-18/h8-9,11H,3-7,10H2,1-2H3. The second-order valence-corrected chi connectivity index (χ2v) is 5.50. The van der Waals surface area contributed by atoms with Crippen molar-refractivity contribution in [2.24, 2.45) is 0 Å². The van der Waals surface area contributed by atoms with Crippen molar-refractivity contribution in [3.8, 4) is 0 Å². The number of carbonyl (C=O) groups excluding carboxylic acids is 1. The third-order valence-corrected chi connectivity index (χ3v) is 4.06. The van der Waals surface area contributed by atoms with E-state index >= 15 is 0 Å². The minimum atomic E-state index is -0.195. The Hall–Kier alpha value is -1.81. The number of anilines is 1. The molecule has 1 aliphatic carbocycles. The van der Waals surface area contributed by atoms with Crippen molar-refractivity contribution in [3.63, 3.8) is 0 Å². The summed E-state index contributed by atoms with van der Waals surface area (Å²) in [5, 5.41) is 0. The van der Waals surface area contributed by atoms with Gasteiger partial charge in [0.1, 0.15) is 0 Å². The van der Waals surface area contributed by atoms with E-state index in [4.69, 9.17) is 9.47 Å². The van der Waals surface area contributed by atoms with E-state index in [0.717, 1.165) is 37.4 Å². The number of carbonyl (C=O) groups is 1. The molecule has 0 saturated carbocycles. The van der Waals surface area contributed by atoms with E-state index in [1.165, 1.54) is 16.8 Å². The van der Waals surface area contributed by atoms with Crippen LogP contribution in [0.5, 0.6) is 0 Å². The largest absolute Gasteiger partial charge is 0.463 e. The summed E-state index contributed by atoms with van der Waals surface area (Å²) in [5.74, 6) is -0.195. The van der Waals surface area contributed by atoms with Crippen molar-refractivity contribution in [1.29, 1.82) is 0 Å².